The molecule has 0 saturated carbocycles. The Balaban J connectivity index is 1.26. The molecule has 2 aliphatic rings. The van der Waals surface area contributed by atoms with Crippen LogP contribution in [0.4, 0.5) is 14.9 Å². The van der Waals surface area contributed by atoms with Gasteiger partial charge in [0.15, 0.2) is 0 Å². The van der Waals surface area contributed by atoms with Crippen molar-refractivity contribution in [3.8, 4) is 0 Å². The smallest absolute Gasteiger partial charge is 0.293 e. The molecule has 0 radical (unpaired) electrons. The number of amides is 3. The molecule has 3 aromatic rings. The molecule has 9 heteroatoms. The molecular formula is C28H23ClFN3O3S. The van der Waals surface area contributed by atoms with E-state index >= 15 is 0 Å². The molecule has 2 heterocycles. The van der Waals surface area contributed by atoms with Crippen LogP contribution in [0.15, 0.2) is 77.7 Å². The van der Waals surface area contributed by atoms with Gasteiger partial charge in [-0.15, -0.1) is 0 Å². The maximum atomic E-state index is 14.0. The van der Waals surface area contributed by atoms with Crippen LogP contribution in [0.3, 0.4) is 0 Å². The fraction of sp³-hybridized carbons (Fsp3) is 0.179. The molecule has 0 aliphatic carbocycles. The van der Waals surface area contributed by atoms with E-state index in [1.807, 2.05) is 29.2 Å². The first kappa shape index (κ1) is 25.0. The van der Waals surface area contributed by atoms with Crippen LogP contribution in [0.5, 0.6) is 0 Å². The summed E-state index contributed by atoms with van der Waals surface area (Å²) < 4.78 is 14.0. The highest BCUT2D eigenvalue weighted by Gasteiger charge is 2.35. The van der Waals surface area contributed by atoms with Crippen molar-refractivity contribution in [1.29, 1.82) is 0 Å². The third-order valence-electron chi connectivity index (χ3n) is 6.33. The second kappa shape index (κ2) is 10.8. The summed E-state index contributed by atoms with van der Waals surface area (Å²) in [5, 5.41) is 0.224. The summed E-state index contributed by atoms with van der Waals surface area (Å²) in [6, 6.07) is 20.7. The lowest BCUT2D eigenvalue weighted by atomic mass is 10.1. The lowest BCUT2D eigenvalue weighted by Crippen LogP contribution is -2.48. The molecule has 2 saturated heterocycles. The zero-order valence-corrected chi connectivity index (χ0v) is 21.3. The van der Waals surface area contributed by atoms with Crippen molar-refractivity contribution in [2.75, 3.05) is 31.1 Å². The summed E-state index contributed by atoms with van der Waals surface area (Å²) in [6.07, 6.45) is 1.60. The highest BCUT2D eigenvalue weighted by molar-refractivity contribution is 8.18. The fourth-order valence-electron chi connectivity index (χ4n) is 4.37. The summed E-state index contributed by atoms with van der Waals surface area (Å²) in [7, 11) is 0. The highest BCUT2D eigenvalue weighted by atomic mass is 35.5. The lowest BCUT2D eigenvalue weighted by Gasteiger charge is -2.36. The van der Waals surface area contributed by atoms with Crippen LogP contribution in [0.1, 0.15) is 21.5 Å². The van der Waals surface area contributed by atoms with Crippen LogP contribution in [-0.2, 0) is 11.3 Å². The van der Waals surface area contributed by atoms with Gasteiger partial charge in [0.1, 0.15) is 5.82 Å². The second-order valence-corrected chi connectivity index (χ2v) is 10.2. The van der Waals surface area contributed by atoms with E-state index in [1.165, 1.54) is 6.07 Å². The van der Waals surface area contributed by atoms with Gasteiger partial charge >= 0.3 is 0 Å². The summed E-state index contributed by atoms with van der Waals surface area (Å²) in [6.45, 7) is 2.41. The number of halogens is 2. The van der Waals surface area contributed by atoms with Crippen LogP contribution in [0, 0.1) is 5.82 Å². The predicted molar refractivity (Wildman–Crippen MR) is 144 cm³/mol. The van der Waals surface area contributed by atoms with Gasteiger partial charge in [-0.3, -0.25) is 19.3 Å². The fourth-order valence-corrected chi connectivity index (χ4v) is 5.39. The summed E-state index contributed by atoms with van der Waals surface area (Å²) in [4.78, 5) is 43.8. The number of hydrogen-bond acceptors (Lipinski definition) is 5. The molecule has 188 valence electrons. The van der Waals surface area contributed by atoms with Gasteiger partial charge in [-0.2, -0.15) is 0 Å². The number of nitrogens with zero attached hydrogens (tertiary/aromatic N) is 3. The third-order valence-corrected chi connectivity index (χ3v) is 7.47. The van der Waals surface area contributed by atoms with Crippen LogP contribution in [-0.4, -0.2) is 53.0 Å². The highest BCUT2D eigenvalue weighted by Crippen LogP contribution is 2.33. The van der Waals surface area contributed by atoms with Crippen molar-refractivity contribution < 1.29 is 18.8 Å². The van der Waals surface area contributed by atoms with Crippen LogP contribution in [0.2, 0.25) is 5.02 Å². The topological polar surface area (TPSA) is 60.9 Å². The Labute approximate surface area is 223 Å². The number of hydrogen-bond donors (Lipinski definition) is 0. The SMILES string of the molecule is O=C(c1cccc(C=C2SC(=O)N(Cc3ccccc3F)C2=O)c1)N1CCN(c2cccc(Cl)c2)CC1. The van der Waals surface area contributed by atoms with Gasteiger partial charge in [0.2, 0.25) is 0 Å². The predicted octanol–water partition coefficient (Wildman–Crippen LogP) is 5.68. The van der Waals surface area contributed by atoms with Crippen molar-refractivity contribution >= 4 is 52.2 Å². The summed E-state index contributed by atoms with van der Waals surface area (Å²) in [5.74, 6) is -1.04. The van der Waals surface area contributed by atoms with Crippen LogP contribution < -0.4 is 4.90 Å². The third kappa shape index (κ3) is 5.55. The van der Waals surface area contributed by atoms with Gasteiger partial charge < -0.3 is 9.80 Å². The molecular weight excluding hydrogens is 513 g/mol. The molecule has 0 aromatic heterocycles. The quantitative estimate of drug-likeness (QED) is 0.393. The largest absolute Gasteiger partial charge is 0.368 e. The van der Waals surface area contributed by atoms with E-state index in [0.717, 1.165) is 22.3 Å². The molecule has 0 spiro atoms. The summed E-state index contributed by atoms with van der Waals surface area (Å²) in [5.41, 5.74) is 2.45. The number of benzene rings is 3. The monoisotopic (exact) mass is 535 g/mol. The molecule has 6 nitrogen and oxygen atoms in total. The minimum Gasteiger partial charge on any atom is -0.368 e. The van der Waals surface area contributed by atoms with Gasteiger partial charge in [-0.1, -0.05) is 48.0 Å². The zero-order valence-electron chi connectivity index (χ0n) is 19.8. The molecule has 2 aliphatic heterocycles. The van der Waals surface area contributed by atoms with Crippen LogP contribution in [0.25, 0.3) is 6.08 Å². The van der Waals surface area contributed by atoms with Crippen molar-refractivity contribution in [3.63, 3.8) is 0 Å². The molecule has 5 rings (SSSR count). The lowest BCUT2D eigenvalue weighted by molar-refractivity contribution is -0.123. The summed E-state index contributed by atoms with van der Waals surface area (Å²) >= 11 is 6.92. The van der Waals surface area contributed by atoms with E-state index < -0.39 is 17.0 Å². The number of carbonyl (C=O) groups is 3. The minimum atomic E-state index is -0.480. The van der Waals surface area contributed by atoms with Gasteiger partial charge in [0.05, 0.1) is 11.4 Å². The molecule has 0 atom stereocenters. The van der Waals surface area contributed by atoms with E-state index in [2.05, 4.69) is 4.90 Å². The molecule has 3 aromatic carbocycles. The van der Waals surface area contributed by atoms with Gasteiger partial charge in [-0.05, 0) is 59.8 Å². The maximum absolute atomic E-state index is 14.0. The Hall–Kier alpha value is -3.62. The van der Waals surface area contributed by atoms with Gasteiger partial charge in [-0.25, -0.2) is 4.39 Å². The zero-order chi connectivity index (χ0) is 25.9. The van der Waals surface area contributed by atoms with Crippen molar-refractivity contribution in [2.24, 2.45) is 0 Å². The van der Waals surface area contributed by atoms with E-state index in [9.17, 15) is 18.8 Å². The van der Waals surface area contributed by atoms with Gasteiger partial charge in [0, 0.05) is 48.0 Å². The Kier molecular flexibility index (Phi) is 7.30. The Bertz CT molecular complexity index is 1400. The van der Waals surface area contributed by atoms with E-state index in [0.29, 0.717) is 42.3 Å². The minimum absolute atomic E-state index is 0.0892. The first-order valence-electron chi connectivity index (χ1n) is 11.8. The number of thioether (sulfide) groups is 1. The molecule has 2 fully saturated rings. The normalized spacial score (nSPS) is 17.1. The first-order chi connectivity index (χ1) is 17.9. The number of carbonyl (C=O) groups excluding carboxylic acids is 3. The Morgan fingerprint density at radius 1 is 0.946 bits per heavy atom. The Morgan fingerprint density at radius 3 is 2.46 bits per heavy atom. The van der Waals surface area contributed by atoms with Crippen LogP contribution >= 0.6 is 23.4 Å². The number of rotatable bonds is 5. The molecule has 0 unspecified atom stereocenters. The molecule has 37 heavy (non-hydrogen) atoms. The number of piperazine rings is 1. The van der Waals surface area contributed by atoms with Crippen molar-refractivity contribution in [2.45, 2.75) is 6.54 Å². The Morgan fingerprint density at radius 2 is 1.70 bits per heavy atom. The second-order valence-electron chi connectivity index (χ2n) is 8.74. The molecule has 0 bridgehead atoms. The van der Waals surface area contributed by atoms with E-state index in [4.69, 9.17) is 11.6 Å². The van der Waals surface area contributed by atoms with E-state index in [1.54, 1.807) is 48.5 Å². The average Bonchev–Trinajstić information content (AvgIpc) is 3.17. The van der Waals surface area contributed by atoms with Crippen molar-refractivity contribution in [1.82, 2.24) is 9.80 Å². The molecule has 3 amide bonds. The number of anilines is 1. The molecule has 0 N–H and O–H groups in total. The standard InChI is InChI=1S/C28H23ClFN3O3S/c29-22-8-4-9-23(17-22)31-11-13-32(14-12-31)26(34)20-7-3-5-19(15-20)16-25-27(35)33(28(36)37-25)18-21-6-1-2-10-24(21)30/h1-10,15-17H,11-14,18H2. The van der Waals surface area contributed by atoms with Gasteiger partial charge in [0.25, 0.3) is 17.1 Å². The average molecular weight is 536 g/mol. The van der Waals surface area contributed by atoms with E-state index in [-0.39, 0.29) is 22.9 Å². The first-order valence-corrected chi connectivity index (χ1v) is 13.0. The maximum Gasteiger partial charge on any atom is 0.293 e. The number of imide groups is 1. The van der Waals surface area contributed by atoms with Crippen molar-refractivity contribution in [3.05, 3.63) is 105 Å².